The van der Waals surface area contributed by atoms with Crippen LogP contribution in [0, 0.1) is 13.8 Å². The lowest BCUT2D eigenvalue weighted by atomic mass is 10.1. The summed E-state index contributed by atoms with van der Waals surface area (Å²) < 4.78 is 45.2. The maximum absolute atomic E-state index is 13.0. The van der Waals surface area contributed by atoms with Gasteiger partial charge in [0.1, 0.15) is 5.75 Å². The van der Waals surface area contributed by atoms with E-state index in [1.54, 1.807) is 0 Å². The zero-order valence-corrected chi connectivity index (χ0v) is 15.6. The van der Waals surface area contributed by atoms with Gasteiger partial charge in [-0.25, -0.2) is 0 Å². The predicted molar refractivity (Wildman–Crippen MR) is 94.2 cm³/mol. The lowest BCUT2D eigenvalue weighted by Crippen LogP contribution is -2.22. The van der Waals surface area contributed by atoms with Crippen molar-refractivity contribution in [2.75, 3.05) is 11.9 Å². The topological polar surface area (TPSA) is 38.3 Å². The third kappa shape index (κ3) is 5.12. The summed E-state index contributed by atoms with van der Waals surface area (Å²) in [5.41, 5.74) is 0.436. The summed E-state index contributed by atoms with van der Waals surface area (Å²) in [6.07, 6.45) is -4.63. The normalized spacial score (nSPS) is 11.3. The maximum atomic E-state index is 13.0. The molecular weight excluding hydrogens is 423 g/mol. The highest BCUT2D eigenvalue weighted by molar-refractivity contribution is 9.10. The van der Waals surface area contributed by atoms with Gasteiger partial charge in [-0.15, -0.1) is 0 Å². The molecule has 0 fully saturated rings. The maximum Gasteiger partial charge on any atom is 0.418 e. The number of rotatable bonds is 4. The molecule has 0 radical (unpaired) electrons. The van der Waals surface area contributed by atoms with Gasteiger partial charge >= 0.3 is 6.18 Å². The van der Waals surface area contributed by atoms with Crippen LogP contribution in [-0.4, -0.2) is 12.5 Å². The number of nitrogens with one attached hydrogen (secondary N) is 1. The second-order valence-corrected chi connectivity index (χ2v) is 6.71. The summed E-state index contributed by atoms with van der Waals surface area (Å²) in [5, 5.41) is 2.14. The molecule has 134 valence electrons. The second kappa shape index (κ2) is 7.66. The molecule has 3 nitrogen and oxygen atoms in total. The zero-order chi connectivity index (χ0) is 18.8. The number of carbonyl (C=O) groups is 1. The van der Waals surface area contributed by atoms with Crippen molar-refractivity contribution in [2.24, 2.45) is 0 Å². The fraction of sp³-hybridized carbons (Fsp3) is 0.235. The largest absolute Gasteiger partial charge is 0.482 e. The molecule has 0 aliphatic heterocycles. The van der Waals surface area contributed by atoms with E-state index in [1.165, 1.54) is 6.07 Å². The molecule has 8 heteroatoms. The van der Waals surface area contributed by atoms with Crippen LogP contribution in [0.4, 0.5) is 18.9 Å². The van der Waals surface area contributed by atoms with Gasteiger partial charge in [0.2, 0.25) is 0 Å². The quantitative estimate of drug-likeness (QED) is 0.662. The minimum atomic E-state index is -4.63. The number of carbonyl (C=O) groups excluding carboxylic acids is 1. The van der Waals surface area contributed by atoms with E-state index in [0.29, 0.717) is 10.2 Å². The predicted octanol–water partition coefficient (Wildman–Crippen LogP) is 5.76. The van der Waals surface area contributed by atoms with E-state index in [1.807, 2.05) is 26.0 Å². The Morgan fingerprint density at radius 3 is 2.52 bits per heavy atom. The van der Waals surface area contributed by atoms with Crippen molar-refractivity contribution < 1.29 is 22.7 Å². The Kier molecular flexibility index (Phi) is 6.00. The first-order valence-electron chi connectivity index (χ1n) is 7.14. The molecule has 2 rings (SSSR count). The number of aryl methyl sites for hydroxylation is 2. The summed E-state index contributed by atoms with van der Waals surface area (Å²) in [7, 11) is 0. The van der Waals surface area contributed by atoms with Gasteiger partial charge < -0.3 is 10.1 Å². The molecule has 0 atom stereocenters. The number of anilines is 1. The highest BCUT2D eigenvalue weighted by atomic mass is 79.9. The molecule has 25 heavy (non-hydrogen) atoms. The smallest absolute Gasteiger partial charge is 0.418 e. The number of benzene rings is 2. The fourth-order valence-electron chi connectivity index (χ4n) is 2.27. The van der Waals surface area contributed by atoms with Crippen LogP contribution in [0.5, 0.6) is 5.75 Å². The molecular formula is C17H14BrClF3NO2. The van der Waals surface area contributed by atoms with E-state index in [-0.39, 0.29) is 10.7 Å². The van der Waals surface area contributed by atoms with Crippen LogP contribution in [0.15, 0.2) is 34.8 Å². The number of amides is 1. The first-order valence-corrected chi connectivity index (χ1v) is 8.31. The Morgan fingerprint density at radius 2 is 1.92 bits per heavy atom. The van der Waals surface area contributed by atoms with E-state index in [0.717, 1.165) is 23.3 Å². The average molecular weight is 437 g/mol. The van der Waals surface area contributed by atoms with Gasteiger partial charge in [-0.2, -0.15) is 13.2 Å². The Labute approximate surface area is 156 Å². The molecule has 0 unspecified atom stereocenters. The van der Waals surface area contributed by atoms with E-state index in [4.69, 9.17) is 16.3 Å². The number of hydrogen-bond acceptors (Lipinski definition) is 2. The zero-order valence-electron chi connectivity index (χ0n) is 13.3. The number of halogens is 5. The molecule has 0 spiro atoms. The molecule has 0 bridgehead atoms. The Balaban J connectivity index is 2.12. The molecule has 0 saturated heterocycles. The summed E-state index contributed by atoms with van der Waals surface area (Å²) in [6, 6.07) is 6.84. The summed E-state index contributed by atoms with van der Waals surface area (Å²) in [5.74, 6) is -0.243. The van der Waals surface area contributed by atoms with E-state index in [2.05, 4.69) is 21.2 Å². The lowest BCUT2D eigenvalue weighted by Gasteiger charge is -2.15. The minimum Gasteiger partial charge on any atom is -0.482 e. The van der Waals surface area contributed by atoms with Crippen molar-refractivity contribution in [3.63, 3.8) is 0 Å². The molecule has 1 N–H and O–H groups in total. The SMILES string of the molecule is Cc1cc(C)c(OCC(=O)Nc2ccc(Cl)cc2C(F)(F)F)c(Br)c1. The standard InChI is InChI=1S/C17H14BrClF3NO2/c1-9-5-10(2)16(13(18)6-9)25-8-15(24)23-14-4-3-11(19)7-12(14)17(20,21)22/h3-7H,8H2,1-2H3,(H,23,24). The molecule has 0 saturated carbocycles. The minimum absolute atomic E-state index is 0.0687. The van der Waals surface area contributed by atoms with Crippen LogP contribution >= 0.6 is 27.5 Å². The van der Waals surface area contributed by atoms with Crippen LogP contribution < -0.4 is 10.1 Å². The van der Waals surface area contributed by atoms with Crippen molar-refractivity contribution in [1.29, 1.82) is 0 Å². The molecule has 2 aromatic rings. The molecule has 0 heterocycles. The highest BCUT2D eigenvalue weighted by Crippen LogP contribution is 2.36. The summed E-state index contributed by atoms with van der Waals surface area (Å²) in [6.45, 7) is 3.29. The Morgan fingerprint density at radius 1 is 1.24 bits per heavy atom. The third-order valence-corrected chi connectivity index (χ3v) is 4.11. The van der Waals surface area contributed by atoms with Gasteiger partial charge in [-0.3, -0.25) is 4.79 Å². The lowest BCUT2D eigenvalue weighted by molar-refractivity contribution is -0.137. The van der Waals surface area contributed by atoms with Crippen LogP contribution in [0.25, 0.3) is 0 Å². The van der Waals surface area contributed by atoms with Crippen molar-refractivity contribution in [3.05, 3.63) is 56.5 Å². The first-order chi connectivity index (χ1) is 11.6. The average Bonchev–Trinajstić information content (AvgIpc) is 2.47. The molecule has 0 aliphatic carbocycles. The van der Waals surface area contributed by atoms with E-state index in [9.17, 15) is 18.0 Å². The van der Waals surface area contributed by atoms with Crippen LogP contribution in [0.3, 0.4) is 0 Å². The molecule has 0 aliphatic rings. The van der Waals surface area contributed by atoms with Crippen molar-refractivity contribution >= 4 is 39.1 Å². The number of alkyl halides is 3. The molecule has 0 aromatic heterocycles. The van der Waals surface area contributed by atoms with E-state index < -0.39 is 24.3 Å². The fourth-order valence-corrected chi connectivity index (χ4v) is 3.23. The van der Waals surface area contributed by atoms with Gasteiger partial charge in [0, 0.05) is 5.02 Å². The van der Waals surface area contributed by atoms with Crippen LogP contribution in [0.1, 0.15) is 16.7 Å². The van der Waals surface area contributed by atoms with Crippen LogP contribution in [0.2, 0.25) is 5.02 Å². The number of hydrogen-bond donors (Lipinski definition) is 1. The van der Waals surface area contributed by atoms with Gasteiger partial charge in [0.15, 0.2) is 6.61 Å². The van der Waals surface area contributed by atoms with Crippen molar-refractivity contribution in [1.82, 2.24) is 0 Å². The molecule has 2 aromatic carbocycles. The van der Waals surface area contributed by atoms with Gasteiger partial charge in [0.25, 0.3) is 5.91 Å². The van der Waals surface area contributed by atoms with E-state index >= 15 is 0 Å². The monoisotopic (exact) mass is 435 g/mol. The summed E-state index contributed by atoms with van der Waals surface area (Å²) in [4.78, 5) is 12.0. The van der Waals surface area contributed by atoms with Crippen LogP contribution in [-0.2, 0) is 11.0 Å². The first kappa shape index (κ1) is 19.6. The molecule has 1 amide bonds. The van der Waals surface area contributed by atoms with Crippen molar-refractivity contribution in [3.8, 4) is 5.75 Å². The van der Waals surface area contributed by atoms with Gasteiger partial charge in [0.05, 0.1) is 15.7 Å². The summed E-state index contributed by atoms with van der Waals surface area (Å²) >= 11 is 8.95. The Hall–Kier alpha value is -1.73. The Bertz CT molecular complexity index is 786. The van der Waals surface area contributed by atoms with Crippen molar-refractivity contribution in [2.45, 2.75) is 20.0 Å². The van der Waals surface area contributed by atoms with Gasteiger partial charge in [-0.05, 0) is 65.2 Å². The highest BCUT2D eigenvalue weighted by Gasteiger charge is 2.34. The number of ether oxygens (including phenoxy) is 1. The van der Waals surface area contributed by atoms with Gasteiger partial charge in [-0.1, -0.05) is 17.7 Å². The second-order valence-electron chi connectivity index (χ2n) is 5.42. The third-order valence-electron chi connectivity index (χ3n) is 3.28.